The van der Waals surface area contributed by atoms with Crippen LogP contribution in [0.2, 0.25) is 0 Å². The lowest BCUT2D eigenvalue weighted by atomic mass is 10.1. The van der Waals surface area contributed by atoms with Gasteiger partial charge in [0, 0.05) is 18.9 Å². The molecule has 0 bridgehead atoms. The second-order valence-electron chi connectivity index (χ2n) is 4.00. The SMILES string of the molecule is CCC(C)Cc1nc(CC(C)N)no1. The van der Waals surface area contributed by atoms with Gasteiger partial charge in [-0.05, 0) is 12.8 Å². The Kier molecular flexibility index (Phi) is 4.07. The predicted octanol–water partition coefficient (Wildman–Crippen LogP) is 1.55. The molecule has 1 rings (SSSR count). The molecule has 2 N–H and O–H groups in total. The van der Waals surface area contributed by atoms with Gasteiger partial charge >= 0.3 is 0 Å². The molecule has 1 heterocycles. The van der Waals surface area contributed by atoms with Crippen LogP contribution < -0.4 is 5.73 Å². The van der Waals surface area contributed by atoms with Crippen molar-refractivity contribution in [3.63, 3.8) is 0 Å². The van der Waals surface area contributed by atoms with Gasteiger partial charge in [0.05, 0.1) is 0 Å². The monoisotopic (exact) mass is 197 g/mol. The number of hydrogen-bond acceptors (Lipinski definition) is 4. The number of nitrogens with zero attached hydrogens (tertiary/aromatic N) is 2. The standard InChI is InChI=1S/C10H19N3O/c1-4-7(2)5-10-12-9(13-14-10)6-8(3)11/h7-8H,4-6,11H2,1-3H3. The van der Waals surface area contributed by atoms with E-state index in [2.05, 4.69) is 24.0 Å². The van der Waals surface area contributed by atoms with Gasteiger partial charge in [-0.25, -0.2) is 0 Å². The van der Waals surface area contributed by atoms with E-state index in [4.69, 9.17) is 10.3 Å². The molecule has 0 aromatic carbocycles. The van der Waals surface area contributed by atoms with Crippen LogP contribution in [0.3, 0.4) is 0 Å². The van der Waals surface area contributed by atoms with Crippen LogP contribution in [0, 0.1) is 5.92 Å². The lowest BCUT2D eigenvalue weighted by molar-refractivity contribution is 0.351. The highest BCUT2D eigenvalue weighted by Gasteiger charge is 2.10. The van der Waals surface area contributed by atoms with E-state index in [9.17, 15) is 0 Å². The molecular weight excluding hydrogens is 178 g/mol. The summed E-state index contributed by atoms with van der Waals surface area (Å²) in [5.74, 6) is 2.05. The second kappa shape index (κ2) is 5.10. The molecule has 2 atom stereocenters. The minimum absolute atomic E-state index is 0.0871. The molecule has 0 aliphatic heterocycles. The molecule has 80 valence electrons. The van der Waals surface area contributed by atoms with Crippen molar-refractivity contribution in [1.82, 2.24) is 10.1 Å². The van der Waals surface area contributed by atoms with E-state index in [1.165, 1.54) is 0 Å². The summed E-state index contributed by atoms with van der Waals surface area (Å²) in [6.45, 7) is 6.27. The summed E-state index contributed by atoms with van der Waals surface area (Å²) in [5, 5.41) is 3.88. The second-order valence-corrected chi connectivity index (χ2v) is 4.00. The fourth-order valence-corrected chi connectivity index (χ4v) is 1.19. The van der Waals surface area contributed by atoms with Gasteiger partial charge in [0.25, 0.3) is 0 Å². The first-order valence-corrected chi connectivity index (χ1v) is 5.18. The highest BCUT2D eigenvalue weighted by Crippen LogP contribution is 2.09. The third-order valence-electron chi connectivity index (χ3n) is 2.23. The van der Waals surface area contributed by atoms with Gasteiger partial charge < -0.3 is 10.3 Å². The fourth-order valence-electron chi connectivity index (χ4n) is 1.19. The van der Waals surface area contributed by atoms with Crippen molar-refractivity contribution in [2.45, 2.75) is 46.1 Å². The summed E-state index contributed by atoms with van der Waals surface area (Å²) in [4.78, 5) is 4.28. The van der Waals surface area contributed by atoms with Gasteiger partial charge in [-0.15, -0.1) is 0 Å². The largest absolute Gasteiger partial charge is 0.339 e. The lowest BCUT2D eigenvalue weighted by Crippen LogP contribution is -2.18. The average Bonchev–Trinajstić information content (AvgIpc) is 2.51. The molecule has 14 heavy (non-hydrogen) atoms. The zero-order chi connectivity index (χ0) is 10.6. The minimum Gasteiger partial charge on any atom is -0.339 e. The van der Waals surface area contributed by atoms with E-state index in [0.29, 0.717) is 12.3 Å². The van der Waals surface area contributed by atoms with Crippen LogP contribution in [0.4, 0.5) is 0 Å². The molecule has 0 radical (unpaired) electrons. The van der Waals surface area contributed by atoms with E-state index in [1.54, 1.807) is 0 Å². The van der Waals surface area contributed by atoms with Crippen molar-refractivity contribution in [1.29, 1.82) is 0 Å². The third kappa shape index (κ3) is 3.46. The van der Waals surface area contributed by atoms with Crippen LogP contribution in [-0.4, -0.2) is 16.2 Å². The first-order valence-electron chi connectivity index (χ1n) is 5.18. The molecule has 0 saturated carbocycles. The van der Waals surface area contributed by atoms with Crippen LogP contribution in [0.15, 0.2) is 4.52 Å². The van der Waals surface area contributed by atoms with E-state index < -0.39 is 0 Å². The highest BCUT2D eigenvalue weighted by molar-refractivity contribution is 4.89. The summed E-state index contributed by atoms with van der Waals surface area (Å²) >= 11 is 0. The van der Waals surface area contributed by atoms with E-state index in [1.807, 2.05) is 6.92 Å². The topological polar surface area (TPSA) is 64.9 Å². The lowest BCUT2D eigenvalue weighted by Gasteiger charge is -2.02. The Labute approximate surface area is 84.9 Å². The molecule has 1 aromatic heterocycles. The number of rotatable bonds is 5. The Balaban J connectivity index is 2.50. The van der Waals surface area contributed by atoms with Crippen LogP contribution in [0.25, 0.3) is 0 Å². The number of nitrogens with two attached hydrogens (primary N) is 1. The Morgan fingerprint density at radius 3 is 2.64 bits per heavy atom. The van der Waals surface area contributed by atoms with Gasteiger partial charge in [0.15, 0.2) is 5.82 Å². The molecule has 0 saturated heterocycles. The third-order valence-corrected chi connectivity index (χ3v) is 2.23. The predicted molar refractivity (Wildman–Crippen MR) is 54.8 cm³/mol. The molecule has 0 aliphatic carbocycles. The zero-order valence-electron chi connectivity index (χ0n) is 9.16. The molecule has 0 aliphatic rings. The van der Waals surface area contributed by atoms with Crippen LogP contribution in [0.1, 0.15) is 38.9 Å². The molecule has 4 heteroatoms. The van der Waals surface area contributed by atoms with Crippen LogP contribution in [-0.2, 0) is 12.8 Å². The summed E-state index contributed by atoms with van der Waals surface area (Å²) in [7, 11) is 0. The molecule has 2 unspecified atom stereocenters. The molecule has 0 amide bonds. The van der Waals surface area contributed by atoms with Crippen molar-refractivity contribution in [2.75, 3.05) is 0 Å². The van der Waals surface area contributed by atoms with E-state index in [-0.39, 0.29) is 6.04 Å². The molecular formula is C10H19N3O. The fraction of sp³-hybridized carbons (Fsp3) is 0.800. The first kappa shape index (κ1) is 11.2. The smallest absolute Gasteiger partial charge is 0.226 e. The van der Waals surface area contributed by atoms with E-state index in [0.717, 1.165) is 24.6 Å². The Morgan fingerprint density at radius 2 is 2.07 bits per heavy atom. The maximum Gasteiger partial charge on any atom is 0.226 e. The zero-order valence-corrected chi connectivity index (χ0v) is 9.16. The van der Waals surface area contributed by atoms with Gasteiger partial charge in [-0.1, -0.05) is 25.4 Å². The van der Waals surface area contributed by atoms with Gasteiger partial charge in [0.2, 0.25) is 5.89 Å². The Bertz CT molecular complexity index is 270. The van der Waals surface area contributed by atoms with Gasteiger partial charge in [-0.2, -0.15) is 4.98 Å². The molecule has 4 nitrogen and oxygen atoms in total. The van der Waals surface area contributed by atoms with Crippen molar-refractivity contribution < 1.29 is 4.52 Å². The van der Waals surface area contributed by atoms with Crippen molar-refractivity contribution in [2.24, 2.45) is 11.7 Å². The van der Waals surface area contributed by atoms with Gasteiger partial charge in [0.1, 0.15) is 0 Å². The summed E-state index contributed by atoms with van der Waals surface area (Å²) < 4.78 is 5.12. The maximum absolute atomic E-state index is 5.64. The number of hydrogen-bond donors (Lipinski definition) is 1. The Hall–Kier alpha value is -0.900. The number of aromatic nitrogens is 2. The molecule has 0 fully saturated rings. The quantitative estimate of drug-likeness (QED) is 0.777. The highest BCUT2D eigenvalue weighted by atomic mass is 16.5. The molecule has 0 spiro atoms. The summed E-state index contributed by atoms with van der Waals surface area (Å²) in [6.07, 6.45) is 2.68. The summed E-state index contributed by atoms with van der Waals surface area (Å²) in [5.41, 5.74) is 5.64. The van der Waals surface area contributed by atoms with Crippen LogP contribution in [0.5, 0.6) is 0 Å². The average molecular weight is 197 g/mol. The summed E-state index contributed by atoms with van der Waals surface area (Å²) in [6, 6.07) is 0.0871. The van der Waals surface area contributed by atoms with Crippen LogP contribution >= 0.6 is 0 Å². The maximum atomic E-state index is 5.64. The normalized spacial score (nSPS) is 15.4. The van der Waals surface area contributed by atoms with Crippen molar-refractivity contribution in [3.8, 4) is 0 Å². The minimum atomic E-state index is 0.0871. The van der Waals surface area contributed by atoms with E-state index >= 15 is 0 Å². The van der Waals surface area contributed by atoms with Crippen molar-refractivity contribution >= 4 is 0 Å². The van der Waals surface area contributed by atoms with Crippen molar-refractivity contribution in [3.05, 3.63) is 11.7 Å². The van der Waals surface area contributed by atoms with Gasteiger partial charge in [-0.3, -0.25) is 0 Å². The first-order chi connectivity index (χ1) is 6.61. The molecule has 1 aromatic rings. The Morgan fingerprint density at radius 1 is 1.36 bits per heavy atom.